The average molecular weight is 441 g/mol. The SMILES string of the molecule is CCOP(=O)(O)O.COc1ccc2c3c1O[C@H]1C(=O)CC[C@@]4(O)[C@@H](C2)N(C)CC[C@]314. The number of ether oxygens (including phenoxy) is 2. The molecule has 4 aliphatic rings. The van der Waals surface area contributed by atoms with Gasteiger partial charge in [-0.3, -0.25) is 9.32 Å². The van der Waals surface area contributed by atoms with E-state index in [0.29, 0.717) is 24.3 Å². The summed E-state index contributed by atoms with van der Waals surface area (Å²) in [6.07, 6.45) is 1.89. The Morgan fingerprint density at radius 3 is 2.67 bits per heavy atom. The number of ketones is 1. The number of aliphatic hydroxyl groups is 1. The van der Waals surface area contributed by atoms with Gasteiger partial charge in [0.15, 0.2) is 23.4 Å². The van der Waals surface area contributed by atoms with Crippen molar-refractivity contribution in [3.05, 3.63) is 23.3 Å². The second-order valence-electron chi connectivity index (χ2n) is 8.35. The summed E-state index contributed by atoms with van der Waals surface area (Å²) in [7, 11) is -0.470. The molecule has 2 fully saturated rings. The molecule has 0 unspecified atom stereocenters. The largest absolute Gasteiger partial charge is 0.493 e. The van der Waals surface area contributed by atoms with Crippen LogP contribution in [0, 0.1) is 0 Å². The van der Waals surface area contributed by atoms with Crippen LogP contribution < -0.4 is 9.47 Å². The van der Waals surface area contributed by atoms with Gasteiger partial charge in [0.05, 0.1) is 24.7 Å². The Labute approximate surface area is 175 Å². The minimum absolute atomic E-state index is 0.0438. The summed E-state index contributed by atoms with van der Waals surface area (Å²) in [5.74, 6) is 1.47. The van der Waals surface area contributed by atoms with Crippen molar-refractivity contribution in [3.63, 3.8) is 0 Å². The number of carbonyl (C=O) groups is 1. The van der Waals surface area contributed by atoms with E-state index >= 15 is 0 Å². The number of hydrogen-bond donors (Lipinski definition) is 3. The summed E-state index contributed by atoms with van der Waals surface area (Å²) in [6.45, 7) is 2.43. The molecule has 0 amide bonds. The predicted molar refractivity (Wildman–Crippen MR) is 107 cm³/mol. The maximum absolute atomic E-state index is 12.7. The van der Waals surface area contributed by atoms with Crippen LogP contribution in [0.4, 0.5) is 0 Å². The van der Waals surface area contributed by atoms with Crippen LogP contribution in [0.25, 0.3) is 0 Å². The first-order chi connectivity index (χ1) is 14.1. The van der Waals surface area contributed by atoms with Crippen molar-refractivity contribution in [2.45, 2.75) is 55.8 Å². The predicted octanol–water partition coefficient (Wildman–Crippen LogP) is 1.16. The molecule has 2 heterocycles. The minimum atomic E-state index is -4.17. The van der Waals surface area contributed by atoms with Gasteiger partial charge in [-0.2, -0.15) is 0 Å². The molecular formula is C20H28NO8P. The fraction of sp³-hybridized carbons (Fsp3) is 0.650. The molecule has 0 radical (unpaired) electrons. The monoisotopic (exact) mass is 441 g/mol. The van der Waals surface area contributed by atoms with Crippen molar-refractivity contribution < 1.29 is 38.3 Å². The van der Waals surface area contributed by atoms with E-state index in [2.05, 4.69) is 22.5 Å². The molecule has 4 atom stereocenters. The van der Waals surface area contributed by atoms with Crippen LogP contribution in [-0.4, -0.2) is 70.6 Å². The molecule has 3 N–H and O–H groups in total. The number of Topliss-reactive ketones (excluding diaryl/α,β-unsaturated/α-hetero) is 1. The standard InChI is InChI=1S/C18H21NO4.C2H7O4P/c1-19-8-7-17-14-10-3-4-12(22-2)15(14)23-16(17)11(20)5-6-18(17,21)13(19)9-10;1-2-6-7(3,4)5/h3-4,13,16,21H,5-9H2,1-2H3;2H2,1H3,(H2,3,4,5)/t13-,16+,17+,18-;/m1./s1. The molecule has 5 rings (SSSR count). The zero-order valence-corrected chi connectivity index (χ0v) is 18.2. The van der Waals surface area contributed by atoms with E-state index in [-0.39, 0.29) is 18.4 Å². The van der Waals surface area contributed by atoms with Crippen molar-refractivity contribution >= 4 is 13.6 Å². The van der Waals surface area contributed by atoms with E-state index in [1.54, 1.807) is 7.11 Å². The number of phosphoric ester groups is 1. The van der Waals surface area contributed by atoms with Gasteiger partial charge in [0.1, 0.15) is 0 Å². The molecule has 1 saturated heterocycles. The summed E-state index contributed by atoms with van der Waals surface area (Å²) >= 11 is 0. The number of phosphoric acid groups is 1. The second-order valence-corrected chi connectivity index (χ2v) is 9.59. The van der Waals surface area contributed by atoms with Crippen molar-refractivity contribution in [2.75, 3.05) is 27.3 Å². The summed E-state index contributed by atoms with van der Waals surface area (Å²) in [5, 5.41) is 11.7. The Balaban J connectivity index is 0.000000272. The van der Waals surface area contributed by atoms with E-state index in [0.717, 1.165) is 24.9 Å². The van der Waals surface area contributed by atoms with E-state index in [9.17, 15) is 14.5 Å². The van der Waals surface area contributed by atoms with Crippen LogP contribution >= 0.6 is 7.82 Å². The first kappa shape index (κ1) is 21.7. The fourth-order valence-corrected chi connectivity index (χ4v) is 6.19. The highest BCUT2D eigenvalue weighted by molar-refractivity contribution is 7.46. The Hall–Kier alpha value is -1.48. The maximum Gasteiger partial charge on any atom is 0.469 e. The van der Waals surface area contributed by atoms with Gasteiger partial charge >= 0.3 is 7.82 Å². The molecule has 2 bridgehead atoms. The summed E-state index contributed by atoms with van der Waals surface area (Å²) in [5.41, 5.74) is 0.737. The molecule has 2 aliphatic carbocycles. The van der Waals surface area contributed by atoms with Gasteiger partial charge < -0.3 is 29.3 Å². The number of methoxy groups -OCH3 is 1. The van der Waals surface area contributed by atoms with Crippen LogP contribution in [0.1, 0.15) is 37.3 Å². The third-order valence-electron chi connectivity index (χ3n) is 7.03. The summed E-state index contributed by atoms with van der Waals surface area (Å²) < 4.78 is 25.2. The molecule has 30 heavy (non-hydrogen) atoms. The zero-order valence-electron chi connectivity index (χ0n) is 17.3. The first-order valence-electron chi connectivity index (χ1n) is 10.1. The summed E-state index contributed by atoms with van der Waals surface area (Å²) in [6, 6.07) is 4.05. The van der Waals surface area contributed by atoms with Crippen molar-refractivity contribution in [1.82, 2.24) is 4.90 Å². The molecule has 2 aliphatic heterocycles. The molecule has 1 spiro atoms. The number of likely N-dealkylation sites (tertiary alicyclic amines) is 1. The quantitative estimate of drug-likeness (QED) is 0.593. The van der Waals surface area contributed by atoms with Crippen LogP contribution in [0.5, 0.6) is 11.5 Å². The Morgan fingerprint density at radius 1 is 1.33 bits per heavy atom. The van der Waals surface area contributed by atoms with Gasteiger partial charge in [-0.05, 0) is 51.4 Å². The third-order valence-corrected chi connectivity index (χ3v) is 7.62. The lowest BCUT2D eigenvalue weighted by Gasteiger charge is -2.62. The molecule has 10 heteroatoms. The molecule has 1 aromatic carbocycles. The lowest BCUT2D eigenvalue weighted by Crippen LogP contribution is -2.76. The number of piperidine rings is 1. The van der Waals surface area contributed by atoms with Crippen molar-refractivity contribution in [1.29, 1.82) is 0 Å². The number of carbonyl (C=O) groups excluding carboxylic acids is 1. The Bertz CT molecular complexity index is 916. The minimum Gasteiger partial charge on any atom is -0.493 e. The number of nitrogens with zero attached hydrogens (tertiary/aromatic N) is 1. The number of likely N-dealkylation sites (N-methyl/N-ethyl adjacent to an activating group) is 1. The molecule has 1 aromatic rings. The molecular weight excluding hydrogens is 413 g/mol. The van der Waals surface area contributed by atoms with E-state index in [1.165, 1.54) is 12.5 Å². The van der Waals surface area contributed by atoms with Crippen molar-refractivity contribution in [2.24, 2.45) is 0 Å². The van der Waals surface area contributed by atoms with E-state index in [4.69, 9.17) is 19.3 Å². The lowest BCUT2D eigenvalue weighted by atomic mass is 9.49. The van der Waals surface area contributed by atoms with Crippen LogP contribution in [0.3, 0.4) is 0 Å². The van der Waals surface area contributed by atoms with Gasteiger partial charge in [0.2, 0.25) is 0 Å². The molecule has 1 saturated carbocycles. The van der Waals surface area contributed by atoms with Crippen LogP contribution in [0.2, 0.25) is 0 Å². The number of hydrogen-bond acceptors (Lipinski definition) is 7. The topological polar surface area (TPSA) is 126 Å². The van der Waals surface area contributed by atoms with Gasteiger partial charge in [0.25, 0.3) is 0 Å². The highest BCUT2D eigenvalue weighted by Crippen LogP contribution is 2.64. The zero-order chi connectivity index (χ0) is 21.9. The van der Waals surface area contributed by atoms with Gasteiger partial charge in [-0.25, -0.2) is 4.57 Å². The number of benzene rings is 1. The van der Waals surface area contributed by atoms with Crippen LogP contribution in [0.15, 0.2) is 12.1 Å². The van der Waals surface area contributed by atoms with E-state index in [1.807, 2.05) is 6.07 Å². The highest BCUT2D eigenvalue weighted by Gasteiger charge is 2.72. The van der Waals surface area contributed by atoms with Gasteiger partial charge in [-0.1, -0.05) is 6.07 Å². The molecule has 0 aromatic heterocycles. The smallest absolute Gasteiger partial charge is 0.469 e. The van der Waals surface area contributed by atoms with Gasteiger partial charge in [-0.15, -0.1) is 0 Å². The molecule has 9 nitrogen and oxygen atoms in total. The van der Waals surface area contributed by atoms with Crippen LogP contribution in [-0.2, 0) is 25.7 Å². The highest BCUT2D eigenvalue weighted by atomic mass is 31.2. The summed E-state index contributed by atoms with van der Waals surface area (Å²) in [4.78, 5) is 30.7. The Morgan fingerprint density at radius 2 is 2.07 bits per heavy atom. The third kappa shape index (κ3) is 2.95. The number of rotatable bonds is 3. The van der Waals surface area contributed by atoms with Gasteiger partial charge in [0, 0.05) is 18.0 Å². The second kappa shape index (κ2) is 7.29. The lowest BCUT2D eigenvalue weighted by molar-refractivity contribution is -0.185. The molecule has 166 valence electrons. The average Bonchev–Trinajstić information content (AvgIpc) is 3.03. The van der Waals surface area contributed by atoms with Crippen molar-refractivity contribution in [3.8, 4) is 11.5 Å². The first-order valence-corrected chi connectivity index (χ1v) is 11.6. The normalized spacial score (nSPS) is 33.9. The maximum atomic E-state index is 12.7. The Kier molecular flexibility index (Phi) is 5.28. The fourth-order valence-electron chi connectivity index (χ4n) is 5.85. The van der Waals surface area contributed by atoms with E-state index < -0.39 is 24.9 Å².